The fourth-order valence-electron chi connectivity index (χ4n) is 2.21. The predicted octanol–water partition coefficient (Wildman–Crippen LogP) is 3.08. The summed E-state index contributed by atoms with van der Waals surface area (Å²) < 4.78 is 13.8. The molecule has 0 saturated heterocycles. The lowest BCUT2D eigenvalue weighted by molar-refractivity contribution is 0.312. The molecule has 0 atom stereocenters. The second kappa shape index (κ2) is 6.48. The fourth-order valence-corrected chi connectivity index (χ4v) is 2.21. The van der Waals surface area contributed by atoms with E-state index >= 15 is 0 Å². The number of hydroxylamine groups is 1. The number of fused-ring (bicyclic) bond motifs is 1. The number of pyridine rings is 1. The number of benzene rings is 1. The summed E-state index contributed by atoms with van der Waals surface area (Å²) in [5.74, 6) is 4.83. The molecule has 0 amide bonds. The molecule has 3 rings (SSSR count). The first-order valence-electron chi connectivity index (χ1n) is 7.26. The van der Waals surface area contributed by atoms with Gasteiger partial charge in [0.1, 0.15) is 5.82 Å². The number of rotatable bonds is 2. The normalized spacial score (nSPS) is 10.3. The molecule has 0 bridgehead atoms. The van der Waals surface area contributed by atoms with Crippen molar-refractivity contribution in [2.75, 3.05) is 5.06 Å². The highest BCUT2D eigenvalue weighted by Crippen LogP contribution is 2.21. The van der Waals surface area contributed by atoms with Crippen molar-refractivity contribution < 1.29 is 9.60 Å². The monoisotopic (exact) mass is 323 g/mol. The van der Waals surface area contributed by atoms with E-state index < -0.39 is 5.82 Å². The van der Waals surface area contributed by atoms with Gasteiger partial charge in [0, 0.05) is 18.2 Å². The quantitative estimate of drug-likeness (QED) is 0.293. The number of aromatic amines is 1. The Kier molecular flexibility index (Phi) is 4.22. The molecule has 6 nitrogen and oxygen atoms in total. The van der Waals surface area contributed by atoms with Gasteiger partial charge >= 0.3 is 0 Å². The number of hydrogen-bond acceptors (Lipinski definition) is 4. The Balaban J connectivity index is 1.98. The van der Waals surface area contributed by atoms with E-state index in [2.05, 4.69) is 26.8 Å². The molecule has 0 spiro atoms. The zero-order valence-corrected chi connectivity index (χ0v) is 12.8. The van der Waals surface area contributed by atoms with Crippen molar-refractivity contribution in [1.82, 2.24) is 15.0 Å². The number of amidine groups is 1. The molecule has 3 N–H and O–H groups in total. The number of nitrogens with one attached hydrogen (secondary N) is 2. The molecule has 0 fully saturated rings. The van der Waals surface area contributed by atoms with Crippen molar-refractivity contribution in [1.29, 1.82) is 5.41 Å². The first kappa shape index (κ1) is 15.6. The lowest BCUT2D eigenvalue weighted by Gasteiger charge is -2.18. The van der Waals surface area contributed by atoms with Gasteiger partial charge in [-0.15, -0.1) is 0 Å². The van der Waals surface area contributed by atoms with Gasteiger partial charge in [-0.3, -0.25) is 10.6 Å². The molecule has 1 aromatic carbocycles. The van der Waals surface area contributed by atoms with E-state index in [0.717, 1.165) is 0 Å². The second-order valence-corrected chi connectivity index (χ2v) is 4.94. The van der Waals surface area contributed by atoms with Gasteiger partial charge in [-0.25, -0.2) is 19.4 Å². The minimum absolute atomic E-state index is 0.169. The molecule has 2 aromatic heterocycles. The Labute approximate surface area is 137 Å². The summed E-state index contributed by atoms with van der Waals surface area (Å²) in [5.41, 5.74) is 1.81. The minimum atomic E-state index is -0.473. The van der Waals surface area contributed by atoms with Gasteiger partial charge in [-0.05, 0) is 24.3 Å². The van der Waals surface area contributed by atoms with Crippen LogP contribution in [0.1, 0.15) is 24.5 Å². The first-order chi connectivity index (χ1) is 11.6. The lowest BCUT2D eigenvalue weighted by atomic mass is 10.1. The van der Waals surface area contributed by atoms with E-state index in [1.54, 1.807) is 6.07 Å². The standard InChI is InChI=1S/C17H14FN5O/c1-2-3-4-11-9-12(5-6-14(11)18)23(24)16(19)13-7-8-20-17-15(13)21-10-22-17/h5-10,19,24H,2H2,1H3,(H,20,21,22). The first-order valence-corrected chi connectivity index (χ1v) is 7.26. The van der Waals surface area contributed by atoms with Crippen LogP contribution in [0.2, 0.25) is 0 Å². The summed E-state index contributed by atoms with van der Waals surface area (Å²) in [6.07, 6.45) is 3.56. The number of imidazole rings is 1. The van der Waals surface area contributed by atoms with Crippen LogP contribution in [0.5, 0.6) is 0 Å². The highest BCUT2D eigenvalue weighted by Gasteiger charge is 2.17. The van der Waals surface area contributed by atoms with E-state index in [4.69, 9.17) is 5.41 Å². The Hall–Kier alpha value is -3.24. The van der Waals surface area contributed by atoms with Crippen LogP contribution in [0, 0.1) is 23.1 Å². The average Bonchev–Trinajstić information content (AvgIpc) is 3.08. The van der Waals surface area contributed by atoms with Crippen molar-refractivity contribution >= 4 is 22.7 Å². The van der Waals surface area contributed by atoms with Crippen LogP contribution in [-0.4, -0.2) is 26.0 Å². The van der Waals surface area contributed by atoms with E-state index in [1.807, 2.05) is 6.92 Å². The lowest BCUT2D eigenvalue weighted by Crippen LogP contribution is -2.27. The Bertz CT molecular complexity index is 970. The van der Waals surface area contributed by atoms with Crippen LogP contribution in [-0.2, 0) is 0 Å². The molecule has 0 aliphatic rings. The highest BCUT2D eigenvalue weighted by atomic mass is 19.1. The number of aromatic nitrogens is 3. The largest absolute Gasteiger partial charge is 0.343 e. The number of H-pyrrole nitrogens is 1. The van der Waals surface area contributed by atoms with Crippen LogP contribution in [0.4, 0.5) is 10.1 Å². The fraction of sp³-hybridized carbons (Fsp3) is 0.118. The molecule has 24 heavy (non-hydrogen) atoms. The molecular weight excluding hydrogens is 309 g/mol. The van der Waals surface area contributed by atoms with Crippen molar-refractivity contribution in [3.8, 4) is 11.8 Å². The third kappa shape index (κ3) is 2.83. The Morgan fingerprint density at radius 3 is 3.00 bits per heavy atom. The number of nitrogens with zero attached hydrogens (tertiary/aromatic N) is 3. The van der Waals surface area contributed by atoms with Gasteiger partial charge < -0.3 is 4.98 Å². The topological polar surface area (TPSA) is 88.9 Å². The van der Waals surface area contributed by atoms with Gasteiger partial charge in [0.05, 0.1) is 23.1 Å². The van der Waals surface area contributed by atoms with E-state index in [-0.39, 0.29) is 17.1 Å². The molecule has 120 valence electrons. The summed E-state index contributed by atoms with van der Waals surface area (Å²) in [5, 5.41) is 19.3. The zero-order valence-electron chi connectivity index (χ0n) is 12.8. The molecule has 0 aliphatic heterocycles. The minimum Gasteiger partial charge on any atom is -0.343 e. The van der Waals surface area contributed by atoms with Crippen LogP contribution in [0.3, 0.4) is 0 Å². The van der Waals surface area contributed by atoms with Crippen LogP contribution in [0.15, 0.2) is 36.8 Å². The average molecular weight is 323 g/mol. The van der Waals surface area contributed by atoms with Crippen molar-refractivity contribution in [2.45, 2.75) is 13.3 Å². The van der Waals surface area contributed by atoms with Crippen molar-refractivity contribution in [3.05, 3.63) is 53.7 Å². The van der Waals surface area contributed by atoms with Gasteiger partial charge in [-0.2, -0.15) is 0 Å². The molecule has 7 heteroatoms. The smallest absolute Gasteiger partial charge is 0.178 e. The van der Waals surface area contributed by atoms with Crippen LogP contribution >= 0.6 is 0 Å². The van der Waals surface area contributed by atoms with Crippen LogP contribution in [0.25, 0.3) is 11.2 Å². The maximum atomic E-state index is 13.8. The van der Waals surface area contributed by atoms with E-state index in [9.17, 15) is 9.60 Å². The maximum Gasteiger partial charge on any atom is 0.178 e. The molecule has 0 aliphatic carbocycles. The predicted molar refractivity (Wildman–Crippen MR) is 88.6 cm³/mol. The van der Waals surface area contributed by atoms with E-state index in [0.29, 0.717) is 28.2 Å². The van der Waals surface area contributed by atoms with Gasteiger partial charge in [-0.1, -0.05) is 18.8 Å². The number of anilines is 1. The maximum absolute atomic E-state index is 13.8. The number of hydrogen-bond donors (Lipinski definition) is 3. The van der Waals surface area contributed by atoms with Crippen molar-refractivity contribution in [2.24, 2.45) is 0 Å². The van der Waals surface area contributed by atoms with Crippen LogP contribution < -0.4 is 5.06 Å². The SMILES string of the molecule is CCC#Cc1cc(N(O)C(=N)c2ccnc3nc[nH]c23)ccc1F. The summed E-state index contributed by atoms with van der Waals surface area (Å²) in [7, 11) is 0. The third-order valence-electron chi connectivity index (χ3n) is 3.39. The molecule has 0 saturated carbocycles. The summed E-state index contributed by atoms with van der Waals surface area (Å²) in [6.45, 7) is 1.86. The number of halogens is 1. The summed E-state index contributed by atoms with van der Waals surface area (Å²) >= 11 is 0. The highest BCUT2D eigenvalue weighted by molar-refractivity contribution is 6.12. The van der Waals surface area contributed by atoms with Crippen molar-refractivity contribution in [3.63, 3.8) is 0 Å². The molecule has 0 unspecified atom stereocenters. The Morgan fingerprint density at radius 1 is 1.38 bits per heavy atom. The second-order valence-electron chi connectivity index (χ2n) is 4.94. The molecule has 0 radical (unpaired) electrons. The zero-order chi connectivity index (χ0) is 17.1. The molecular formula is C17H14FN5O. The van der Waals surface area contributed by atoms with Gasteiger partial charge in [0.25, 0.3) is 0 Å². The van der Waals surface area contributed by atoms with Gasteiger partial charge in [0.2, 0.25) is 0 Å². The van der Waals surface area contributed by atoms with E-state index in [1.165, 1.54) is 30.7 Å². The molecule has 2 heterocycles. The third-order valence-corrected chi connectivity index (χ3v) is 3.39. The van der Waals surface area contributed by atoms with Gasteiger partial charge in [0.15, 0.2) is 11.5 Å². The summed E-state index contributed by atoms with van der Waals surface area (Å²) in [6, 6.07) is 5.58. The Morgan fingerprint density at radius 2 is 2.21 bits per heavy atom. The molecule has 3 aromatic rings. The summed E-state index contributed by atoms with van der Waals surface area (Å²) in [4.78, 5) is 11.0.